The largest absolute Gasteiger partial charge is 0.462 e. The van der Waals surface area contributed by atoms with Crippen LogP contribution in [0.15, 0.2) is 85.1 Å². The third-order valence-corrected chi connectivity index (χ3v) is 13.4. The van der Waals surface area contributed by atoms with E-state index in [1.165, 1.54) is 161 Å². The predicted molar refractivity (Wildman–Crippen MR) is 316 cm³/mol. The molecular weight excluding hydrogens is 901 g/mol. The van der Waals surface area contributed by atoms with Crippen LogP contribution in [0.5, 0.6) is 0 Å². The zero-order valence-electron chi connectivity index (χ0n) is 48.1. The van der Waals surface area contributed by atoms with Gasteiger partial charge in [-0.25, -0.2) is 0 Å². The Labute approximate surface area is 452 Å². The van der Waals surface area contributed by atoms with Crippen molar-refractivity contribution in [3.8, 4) is 0 Å². The lowest BCUT2D eigenvalue weighted by Gasteiger charge is -2.18. The molecule has 6 heteroatoms. The molecule has 0 aliphatic carbocycles. The summed E-state index contributed by atoms with van der Waals surface area (Å²) in [5, 5.41) is 0. The average Bonchev–Trinajstić information content (AvgIpc) is 3.39. The van der Waals surface area contributed by atoms with Gasteiger partial charge in [0.15, 0.2) is 6.10 Å². The normalized spacial score (nSPS) is 12.6. The van der Waals surface area contributed by atoms with Crippen LogP contribution < -0.4 is 0 Å². The first-order valence-electron chi connectivity index (χ1n) is 31.1. The minimum atomic E-state index is -0.779. The van der Waals surface area contributed by atoms with Gasteiger partial charge in [-0.3, -0.25) is 14.4 Å². The molecule has 0 heterocycles. The van der Waals surface area contributed by atoms with Gasteiger partial charge in [0.1, 0.15) is 13.2 Å². The van der Waals surface area contributed by atoms with Crippen molar-refractivity contribution >= 4 is 17.9 Å². The standard InChI is InChI=1S/C67H116O6/c1-4-7-10-13-16-18-20-22-24-26-28-30-32-33-35-36-38-40-42-44-46-48-51-54-57-60-66(69)72-63-64(62-71-65(68)59-56-53-50-15-12-9-6-3)73-67(70)61-58-55-52-49-47-45-43-41-39-37-34-31-29-27-25-23-21-19-17-14-11-8-5-2/h7,10,16,18,21-24,27-30,34,37,64H,4-6,8-9,11-15,17,19-20,25-26,31-33,35-36,38-63H2,1-3H3/b10-7-,18-16-,23-21-,24-22-,29-27-,30-28-,37-34-. The Morgan fingerprint density at radius 1 is 0.288 bits per heavy atom. The number of rotatable bonds is 56. The van der Waals surface area contributed by atoms with Crippen LogP contribution in [-0.4, -0.2) is 37.2 Å². The van der Waals surface area contributed by atoms with Gasteiger partial charge in [-0.05, 0) is 96.3 Å². The number of carbonyl (C=O) groups is 3. The third-order valence-electron chi connectivity index (χ3n) is 13.4. The Hall–Kier alpha value is -3.41. The van der Waals surface area contributed by atoms with Gasteiger partial charge < -0.3 is 14.2 Å². The smallest absolute Gasteiger partial charge is 0.306 e. The lowest BCUT2D eigenvalue weighted by atomic mass is 10.0. The van der Waals surface area contributed by atoms with Gasteiger partial charge in [-0.15, -0.1) is 0 Å². The molecular formula is C67H116O6. The van der Waals surface area contributed by atoms with E-state index in [0.717, 1.165) is 103 Å². The van der Waals surface area contributed by atoms with Crippen LogP contribution in [0.25, 0.3) is 0 Å². The zero-order chi connectivity index (χ0) is 52.9. The van der Waals surface area contributed by atoms with Crippen LogP contribution >= 0.6 is 0 Å². The summed E-state index contributed by atoms with van der Waals surface area (Å²) < 4.78 is 16.8. The number of hydrogen-bond donors (Lipinski definition) is 0. The average molecular weight is 1020 g/mol. The van der Waals surface area contributed by atoms with Gasteiger partial charge in [0.2, 0.25) is 0 Å². The van der Waals surface area contributed by atoms with Crippen molar-refractivity contribution < 1.29 is 28.6 Å². The molecule has 1 unspecified atom stereocenters. The maximum Gasteiger partial charge on any atom is 0.306 e. The molecule has 0 aromatic carbocycles. The topological polar surface area (TPSA) is 78.9 Å². The Morgan fingerprint density at radius 2 is 0.534 bits per heavy atom. The van der Waals surface area contributed by atoms with Crippen LogP contribution in [0.4, 0.5) is 0 Å². The van der Waals surface area contributed by atoms with Crippen LogP contribution in [0.3, 0.4) is 0 Å². The molecule has 0 N–H and O–H groups in total. The van der Waals surface area contributed by atoms with Crippen LogP contribution in [0.1, 0.15) is 303 Å². The fourth-order valence-electron chi connectivity index (χ4n) is 8.74. The van der Waals surface area contributed by atoms with E-state index in [0.29, 0.717) is 19.3 Å². The molecule has 0 radical (unpaired) electrons. The summed E-state index contributed by atoms with van der Waals surface area (Å²) >= 11 is 0. The lowest BCUT2D eigenvalue weighted by molar-refractivity contribution is -0.167. The summed E-state index contributed by atoms with van der Waals surface area (Å²) in [6, 6.07) is 0. The second-order valence-corrected chi connectivity index (χ2v) is 20.6. The highest BCUT2D eigenvalue weighted by molar-refractivity contribution is 5.71. The highest BCUT2D eigenvalue weighted by Crippen LogP contribution is 2.16. The molecule has 0 aliphatic heterocycles. The first-order valence-corrected chi connectivity index (χ1v) is 31.1. The van der Waals surface area contributed by atoms with E-state index in [9.17, 15) is 14.4 Å². The van der Waals surface area contributed by atoms with Crippen molar-refractivity contribution in [2.75, 3.05) is 13.2 Å². The van der Waals surface area contributed by atoms with Gasteiger partial charge in [0, 0.05) is 19.3 Å². The molecule has 0 bridgehead atoms. The number of hydrogen-bond acceptors (Lipinski definition) is 6. The lowest BCUT2D eigenvalue weighted by Crippen LogP contribution is -2.30. The highest BCUT2D eigenvalue weighted by atomic mass is 16.6. The van der Waals surface area contributed by atoms with Crippen molar-refractivity contribution in [2.24, 2.45) is 0 Å². The minimum Gasteiger partial charge on any atom is -0.462 e. The van der Waals surface area contributed by atoms with E-state index in [1.807, 2.05) is 0 Å². The molecule has 0 saturated heterocycles. The van der Waals surface area contributed by atoms with Crippen molar-refractivity contribution in [2.45, 2.75) is 309 Å². The summed E-state index contributed by atoms with van der Waals surface area (Å²) in [6.45, 7) is 6.49. The molecule has 6 nitrogen and oxygen atoms in total. The van der Waals surface area contributed by atoms with Gasteiger partial charge in [-0.1, -0.05) is 273 Å². The number of allylic oxidation sites excluding steroid dienone is 14. The van der Waals surface area contributed by atoms with Crippen molar-refractivity contribution in [3.05, 3.63) is 85.1 Å². The predicted octanol–water partition coefficient (Wildman–Crippen LogP) is 21.1. The molecule has 0 fully saturated rings. The zero-order valence-corrected chi connectivity index (χ0v) is 48.1. The molecule has 0 aliphatic rings. The minimum absolute atomic E-state index is 0.0783. The van der Waals surface area contributed by atoms with E-state index in [-0.39, 0.29) is 31.1 Å². The van der Waals surface area contributed by atoms with E-state index < -0.39 is 6.10 Å². The summed E-state index contributed by atoms with van der Waals surface area (Å²) in [5.41, 5.74) is 0. The molecule has 0 aromatic rings. The fraction of sp³-hybridized carbons (Fsp3) is 0.746. The van der Waals surface area contributed by atoms with Gasteiger partial charge in [0.25, 0.3) is 0 Å². The van der Waals surface area contributed by atoms with Gasteiger partial charge in [0.05, 0.1) is 0 Å². The van der Waals surface area contributed by atoms with Crippen molar-refractivity contribution in [3.63, 3.8) is 0 Å². The summed E-state index contributed by atoms with van der Waals surface area (Å²) in [5.74, 6) is -0.885. The molecule has 73 heavy (non-hydrogen) atoms. The summed E-state index contributed by atoms with van der Waals surface area (Å²) in [6.07, 6.45) is 80.3. The van der Waals surface area contributed by atoms with E-state index in [1.54, 1.807) is 0 Å². The monoisotopic (exact) mass is 1020 g/mol. The van der Waals surface area contributed by atoms with E-state index >= 15 is 0 Å². The van der Waals surface area contributed by atoms with Gasteiger partial charge in [-0.2, -0.15) is 0 Å². The molecule has 420 valence electrons. The molecule has 1 atom stereocenters. The second kappa shape index (κ2) is 61.1. The van der Waals surface area contributed by atoms with E-state index in [4.69, 9.17) is 14.2 Å². The first kappa shape index (κ1) is 69.6. The Bertz CT molecular complexity index is 1400. The summed E-state index contributed by atoms with van der Waals surface area (Å²) in [7, 11) is 0. The molecule has 0 saturated carbocycles. The Kier molecular flexibility index (Phi) is 58.3. The van der Waals surface area contributed by atoms with Gasteiger partial charge >= 0.3 is 17.9 Å². The molecule has 0 rings (SSSR count). The Morgan fingerprint density at radius 3 is 0.836 bits per heavy atom. The number of carbonyl (C=O) groups excluding carboxylic acids is 3. The maximum atomic E-state index is 12.9. The second-order valence-electron chi connectivity index (χ2n) is 20.6. The number of unbranched alkanes of at least 4 members (excludes halogenated alkanes) is 31. The third kappa shape index (κ3) is 59.3. The highest BCUT2D eigenvalue weighted by Gasteiger charge is 2.19. The van der Waals surface area contributed by atoms with Crippen LogP contribution in [0, 0.1) is 0 Å². The number of esters is 3. The van der Waals surface area contributed by atoms with Crippen molar-refractivity contribution in [1.29, 1.82) is 0 Å². The summed E-state index contributed by atoms with van der Waals surface area (Å²) in [4.78, 5) is 38.1. The first-order chi connectivity index (χ1) is 36.0. The number of ether oxygens (including phenoxy) is 3. The van der Waals surface area contributed by atoms with Crippen molar-refractivity contribution in [1.82, 2.24) is 0 Å². The van der Waals surface area contributed by atoms with Crippen LogP contribution in [0.2, 0.25) is 0 Å². The fourth-order valence-corrected chi connectivity index (χ4v) is 8.74. The SMILES string of the molecule is CC/C=C\C/C=C\C/C=C\C/C=C\CCCCCCCCCCCCCCC(=O)OCC(COC(=O)CCCCCCCCC)OC(=O)CCCCCCCCCC/C=C\C/C=C\C/C=C\CCCCCCC. The molecule has 0 spiro atoms. The molecule has 0 amide bonds. The van der Waals surface area contributed by atoms with Crippen LogP contribution in [-0.2, 0) is 28.6 Å². The quantitative estimate of drug-likeness (QED) is 0.0261. The Balaban J connectivity index is 4.17. The maximum absolute atomic E-state index is 12.9. The molecule has 0 aromatic heterocycles. The van der Waals surface area contributed by atoms with E-state index in [2.05, 4.69) is 106 Å².